The Morgan fingerprint density at radius 2 is 1.55 bits per heavy atom. The van der Waals surface area contributed by atoms with E-state index in [0.717, 1.165) is 6.42 Å². The molecule has 0 aliphatic rings. The van der Waals surface area contributed by atoms with Crippen molar-refractivity contribution >= 4 is 5.78 Å². The number of hydrogen-bond acceptors (Lipinski definition) is 1. The number of carbonyl (C=O) groups is 1. The van der Waals surface area contributed by atoms with Crippen molar-refractivity contribution in [2.45, 2.75) is 71.6 Å². The Morgan fingerprint density at radius 1 is 0.950 bits per heavy atom. The molecule has 0 N–H and O–H groups in total. The number of hydrogen-bond donors (Lipinski definition) is 0. The topological polar surface area (TPSA) is 17.1 Å². The maximum absolute atomic E-state index is 11.0. The summed E-state index contributed by atoms with van der Waals surface area (Å²) in [6, 6.07) is 10.8. The fraction of sp³-hybridized carbons (Fsp3) is 0.632. The molecule has 0 saturated heterocycles. The van der Waals surface area contributed by atoms with Crippen LogP contribution in [0.3, 0.4) is 0 Å². The van der Waals surface area contributed by atoms with Gasteiger partial charge in [-0.1, -0.05) is 75.8 Å². The first-order valence-corrected chi connectivity index (χ1v) is 8.22. The number of benzene rings is 1. The molecule has 0 bridgehead atoms. The van der Waals surface area contributed by atoms with E-state index in [1.54, 1.807) is 6.92 Å². The van der Waals surface area contributed by atoms with Crippen LogP contribution in [-0.2, 0) is 11.2 Å². The van der Waals surface area contributed by atoms with E-state index in [9.17, 15) is 4.79 Å². The van der Waals surface area contributed by atoms with E-state index in [4.69, 9.17) is 0 Å². The first kappa shape index (κ1) is 16.9. The van der Waals surface area contributed by atoms with Gasteiger partial charge < -0.3 is 4.79 Å². The van der Waals surface area contributed by atoms with Gasteiger partial charge in [-0.05, 0) is 31.2 Å². The van der Waals surface area contributed by atoms with Crippen LogP contribution in [0.1, 0.15) is 70.8 Å². The van der Waals surface area contributed by atoms with Gasteiger partial charge in [0.15, 0.2) is 0 Å². The molecule has 1 nitrogen and oxygen atoms in total. The zero-order valence-electron chi connectivity index (χ0n) is 13.2. The summed E-state index contributed by atoms with van der Waals surface area (Å²) in [6.45, 7) is 3.89. The quantitative estimate of drug-likeness (QED) is 0.482. The minimum atomic E-state index is 0.332. The smallest absolute Gasteiger partial charge is 0.130 e. The van der Waals surface area contributed by atoms with Crippen LogP contribution < -0.4 is 0 Å². The Hall–Kier alpha value is -1.11. The molecular formula is C19H30O. The second kappa shape index (κ2) is 10.7. The van der Waals surface area contributed by atoms with Crippen molar-refractivity contribution in [1.29, 1.82) is 0 Å². The van der Waals surface area contributed by atoms with Crippen molar-refractivity contribution in [2.75, 3.05) is 0 Å². The Morgan fingerprint density at radius 3 is 2.20 bits per heavy atom. The molecule has 1 heteroatoms. The van der Waals surface area contributed by atoms with Gasteiger partial charge in [-0.3, -0.25) is 0 Å². The van der Waals surface area contributed by atoms with Crippen LogP contribution in [0.15, 0.2) is 30.3 Å². The highest BCUT2D eigenvalue weighted by atomic mass is 16.1. The fourth-order valence-electron chi connectivity index (χ4n) is 2.77. The van der Waals surface area contributed by atoms with Crippen molar-refractivity contribution in [1.82, 2.24) is 0 Å². The van der Waals surface area contributed by atoms with Crippen LogP contribution in [0, 0.1) is 5.92 Å². The predicted octanol–water partition coefficient (Wildman–Crippen LogP) is 5.58. The second-order valence-electron chi connectivity index (χ2n) is 6.16. The maximum atomic E-state index is 11.0. The second-order valence-corrected chi connectivity index (χ2v) is 6.16. The molecule has 1 rings (SSSR count). The van der Waals surface area contributed by atoms with Gasteiger partial charge in [-0.15, -0.1) is 0 Å². The van der Waals surface area contributed by atoms with E-state index in [0.29, 0.717) is 11.7 Å². The molecule has 0 amide bonds. The van der Waals surface area contributed by atoms with Crippen molar-refractivity contribution in [2.24, 2.45) is 5.92 Å². The molecule has 0 saturated carbocycles. The Balaban J connectivity index is 1.89. The third kappa shape index (κ3) is 8.90. The lowest BCUT2D eigenvalue weighted by Gasteiger charge is -2.08. The highest BCUT2D eigenvalue weighted by molar-refractivity contribution is 5.75. The van der Waals surface area contributed by atoms with Gasteiger partial charge in [-0.2, -0.15) is 0 Å². The Kier molecular flexibility index (Phi) is 9.02. The molecule has 0 aliphatic carbocycles. The van der Waals surface area contributed by atoms with E-state index >= 15 is 0 Å². The number of rotatable bonds is 11. The molecule has 0 fully saturated rings. The highest BCUT2D eigenvalue weighted by Gasteiger charge is 2.04. The first-order valence-electron chi connectivity index (χ1n) is 8.22. The normalized spacial score (nSPS) is 12.3. The number of Topliss-reactive ketones (excluding diaryl/α,β-unsaturated/α-hetero) is 1. The third-order valence-electron chi connectivity index (χ3n) is 3.89. The summed E-state index contributed by atoms with van der Waals surface area (Å²) >= 11 is 0. The summed E-state index contributed by atoms with van der Waals surface area (Å²) in [4.78, 5) is 11.0. The van der Waals surface area contributed by atoms with Gasteiger partial charge >= 0.3 is 0 Å². The van der Waals surface area contributed by atoms with Gasteiger partial charge in [0, 0.05) is 6.42 Å². The maximum Gasteiger partial charge on any atom is 0.130 e. The fourth-order valence-corrected chi connectivity index (χ4v) is 2.77. The molecule has 0 aromatic heterocycles. The monoisotopic (exact) mass is 274 g/mol. The molecule has 0 spiro atoms. The molecule has 1 atom stereocenters. The van der Waals surface area contributed by atoms with E-state index in [2.05, 4.69) is 37.3 Å². The summed E-state index contributed by atoms with van der Waals surface area (Å²) < 4.78 is 0. The molecule has 1 aromatic rings. The minimum Gasteiger partial charge on any atom is -0.300 e. The molecular weight excluding hydrogens is 244 g/mol. The summed E-state index contributed by atoms with van der Waals surface area (Å²) in [5, 5.41) is 0. The first-order chi connectivity index (χ1) is 9.68. The lowest BCUT2D eigenvalue weighted by atomic mass is 9.97. The molecule has 1 unspecified atom stereocenters. The molecule has 20 heavy (non-hydrogen) atoms. The summed E-state index contributed by atoms with van der Waals surface area (Å²) in [6.07, 6.45) is 11.2. The largest absolute Gasteiger partial charge is 0.300 e. The van der Waals surface area contributed by atoms with Crippen LogP contribution in [0.5, 0.6) is 0 Å². The summed E-state index contributed by atoms with van der Waals surface area (Å²) in [5.74, 6) is 0.906. The molecule has 0 radical (unpaired) electrons. The van der Waals surface area contributed by atoms with Crippen molar-refractivity contribution in [3.05, 3.63) is 35.9 Å². The molecule has 0 aliphatic heterocycles. The van der Waals surface area contributed by atoms with E-state index in [-0.39, 0.29) is 0 Å². The zero-order chi connectivity index (χ0) is 14.6. The Labute approximate surface area is 124 Å². The van der Waals surface area contributed by atoms with Crippen LogP contribution >= 0.6 is 0 Å². The lowest BCUT2D eigenvalue weighted by molar-refractivity contribution is -0.117. The number of carbonyl (C=O) groups excluding carboxylic acids is 1. The SMILES string of the molecule is CC(=O)CC(C)CCCCCCCCc1ccccc1. The summed E-state index contributed by atoms with van der Waals surface area (Å²) in [7, 11) is 0. The van der Waals surface area contributed by atoms with Gasteiger partial charge in [0.05, 0.1) is 0 Å². The van der Waals surface area contributed by atoms with Crippen molar-refractivity contribution in [3.8, 4) is 0 Å². The lowest BCUT2D eigenvalue weighted by Crippen LogP contribution is -2.01. The van der Waals surface area contributed by atoms with Crippen LogP contribution in [0.4, 0.5) is 0 Å². The average molecular weight is 274 g/mol. The molecule has 0 heterocycles. The van der Waals surface area contributed by atoms with E-state index in [1.807, 2.05) is 0 Å². The molecule has 112 valence electrons. The Bertz CT molecular complexity index is 355. The summed E-state index contributed by atoms with van der Waals surface area (Å²) in [5.41, 5.74) is 1.46. The number of aryl methyl sites for hydroxylation is 1. The van der Waals surface area contributed by atoms with Crippen LogP contribution in [0.25, 0.3) is 0 Å². The number of ketones is 1. The predicted molar refractivity (Wildman–Crippen MR) is 86.9 cm³/mol. The standard InChI is InChI=1S/C19H30O/c1-17(16-18(2)20)12-8-5-3-4-6-9-13-19-14-10-7-11-15-19/h7,10-11,14-15,17H,3-6,8-9,12-13,16H2,1-2H3. The van der Waals surface area contributed by atoms with E-state index < -0.39 is 0 Å². The van der Waals surface area contributed by atoms with Crippen molar-refractivity contribution < 1.29 is 4.79 Å². The zero-order valence-corrected chi connectivity index (χ0v) is 13.2. The average Bonchev–Trinajstić information content (AvgIpc) is 2.42. The van der Waals surface area contributed by atoms with Gasteiger partial charge in [0.1, 0.15) is 5.78 Å². The van der Waals surface area contributed by atoms with Crippen LogP contribution in [-0.4, -0.2) is 5.78 Å². The number of unbranched alkanes of at least 4 members (excludes halogenated alkanes) is 5. The van der Waals surface area contributed by atoms with Crippen molar-refractivity contribution in [3.63, 3.8) is 0 Å². The van der Waals surface area contributed by atoms with E-state index in [1.165, 1.54) is 56.9 Å². The van der Waals surface area contributed by atoms with Gasteiger partial charge in [-0.25, -0.2) is 0 Å². The van der Waals surface area contributed by atoms with Gasteiger partial charge in [0.25, 0.3) is 0 Å². The highest BCUT2D eigenvalue weighted by Crippen LogP contribution is 2.15. The third-order valence-corrected chi connectivity index (χ3v) is 3.89. The van der Waals surface area contributed by atoms with Crippen LogP contribution in [0.2, 0.25) is 0 Å². The molecule has 1 aromatic carbocycles. The minimum absolute atomic E-state index is 0.332. The van der Waals surface area contributed by atoms with Gasteiger partial charge in [0.2, 0.25) is 0 Å².